The van der Waals surface area contributed by atoms with E-state index in [1.165, 1.54) is 46.1 Å². The van der Waals surface area contributed by atoms with Crippen LogP contribution in [0.5, 0.6) is 0 Å². The standard InChI is InChI=1S/C36H45F4N3O5.2C2H6/c1-21(2)18-26(31(37)24(5)47-9)30-23(4)42(19-27-22(3)14-13-17-28(27)36(38,39)40)34(46)43(32(30)44)20-29(25-15-11-10-12-16-25)41-33(45)48-35(6,7)8;2*1-2/h11,13-18,21,29H,10,12,19-20H2,1-9H3,(H,41,45);2*1-2H3/b26-18-,31-24-;;. The second kappa shape index (κ2) is 20.0. The Morgan fingerprint density at radius 3 is 2.13 bits per heavy atom. The Bertz CT molecular complexity index is 1770. The van der Waals surface area contributed by atoms with Crippen molar-refractivity contribution in [2.24, 2.45) is 5.92 Å². The summed E-state index contributed by atoms with van der Waals surface area (Å²) in [6.45, 7) is 19.9. The number of carbonyl (C=O) groups is 1. The highest BCUT2D eigenvalue weighted by Crippen LogP contribution is 2.34. The van der Waals surface area contributed by atoms with Crippen LogP contribution in [-0.4, -0.2) is 34.0 Å². The number of nitrogens with zero attached hydrogens (tertiary/aromatic N) is 2. The summed E-state index contributed by atoms with van der Waals surface area (Å²) in [6.07, 6.45) is 2.86. The minimum Gasteiger partial charge on any atom is -0.498 e. The predicted octanol–water partition coefficient (Wildman–Crippen LogP) is 9.80. The number of halogens is 4. The zero-order valence-corrected chi connectivity index (χ0v) is 33.0. The molecule has 0 saturated heterocycles. The maximum atomic E-state index is 16.0. The molecule has 0 spiro atoms. The molecule has 12 heteroatoms. The SMILES string of the molecule is CC.CC.CO/C(C)=C(F)/C(=C\C(C)C)c1c(C)n(Cc2c(C)cccc2C(F)(F)F)c(=O)n(CC(NC(=O)OC(C)(C)C)C2=CCCC=C2)c1=O. The van der Waals surface area contributed by atoms with E-state index in [9.17, 15) is 27.6 Å². The van der Waals surface area contributed by atoms with E-state index >= 15 is 4.39 Å². The lowest BCUT2D eigenvalue weighted by atomic mass is 9.97. The number of carbonyl (C=O) groups excluding carboxylic acids is 1. The molecule has 0 radical (unpaired) electrons. The van der Waals surface area contributed by atoms with Crippen LogP contribution in [0.15, 0.2) is 69.3 Å². The highest BCUT2D eigenvalue weighted by molar-refractivity contribution is 5.78. The maximum absolute atomic E-state index is 16.0. The second-order valence-corrected chi connectivity index (χ2v) is 13.1. The molecule has 1 aliphatic rings. The quantitative estimate of drug-likeness (QED) is 0.149. The summed E-state index contributed by atoms with van der Waals surface area (Å²) >= 11 is 0. The molecular weight excluding hydrogens is 678 g/mol. The number of benzene rings is 1. The fourth-order valence-corrected chi connectivity index (χ4v) is 5.43. The fourth-order valence-electron chi connectivity index (χ4n) is 5.43. The molecule has 1 atom stereocenters. The lowest BCUT2D eigenvalue weighted by Gasteiger charge is -2.27. The van der Waals surface area contributed by atoms with E-state index in [0.717, 1.165) is 21.6 Å². The molecule has 1 aromatic carbocycles. The smallest absolute Gasteiger partial charge is 0.416 e. The van der Waals surface area contributed by atoms with Crippen molar-refractivity contribution < 1.29 is 31.8 Å². The number of alkyl carbamates (subject to hydrolysis) is 1. The van der Waals surface area contributed by atoms with E-state index in [1.807, 2.05) is 39.8 Å². The molecule has 3 rings (SSSR count). The van der Waals surface area contributed by atoms with Gasteiger partial charge in [-0.25, -0.2) is 14.0 Å². The average molecular weight is 736 g/mol. The highest BCUT2D eigenvalue weighted by Gasteiger charge is 2.35. The first-order chi connectivity index (χ1) is 24.3. The molecule has 1 amide bonds. The van der Waals surface area contributed by atoms with Crippen LogP contribution in [0.25, 0.3) is 5.57 Å². The lowest BCUT2D eigenvalue weighted by molar-refractivity contribution is -0.138. The summed E-state index contributed by atoms with van der Waals surface area (Å²) in [5, 5.41) is 2.74. The van der Waals surface area contributed by atoms with Gasteiger partial charge in [-0.3, -0.25) is 13.9 Å². The van der Waals surface area contributed by atoms with E-state index in [2.05, 4.69) is 5.32 Å². The van der Waals surface area contributed by atoms with Crippen molar-refractivity contribution >= 4 is 11.7 Å². The Morgan fingerprint density at radius 2 is 1.63 bits per heavy atom. The third-order valence-electron chi connectivity index (χ3n) is 7.82. The van der Waals surface area contributed by atoms with Crippen LogP contribution in [-0.2, 0) is 28.7 Å². The number of aromatic nitrogens is 2. The summed E-state index contributed by atoms with van der Waals surface area (Å²) in [4.78, 5) is 41.6. The number of alkyl halides is 3. The van der Waals surface area contributed by atoms with Gasteiger partial charge in [0.15, 0.2) is 5.83 Å². The topological polar surface area (TPSA) is 91.6 Å². The summed E-state index contributed by atoms with van der Waals surface area (Å²) in [6, 6.07) is 2.75. The number of amides is 1. The highest BCUT2D eigenvalue weighted by atomic mass is 19.4. The largest absolute Gasteiger partial charge is 0.498 e. The predicted molar refractivity (Wildman–Crippen MR) is 201 cm³/mol. The molecule has 1 unspecified atom stereocenters. The van der Waals surface area contributed by atoms with Crippen molar-refractivity contribution in [2.75, 3.05) is 7.11 Å². The second-order valence-electron chi connectivity index (χ2n) is 13.1. The van der Waals surface area contributed by atoms with Crippen LogP contribution < -0.4 is 16.6 Å². The van der Waals surface area contributed by atoms with Crippen molar-refractivity contribution in [1.29, 1.82) is 0 Å². The van der Waals surface area contributed by atoms with Gasteiger partial charge in [0.1, 0.15) is 11.4 Å². The van der Waals surface area contributed by atoms with Crippen molar-refractivity contribution in [3.63, 3.8) is 0 Å². The maximum Gasteiger partial charge on any atom is 0.416 e. The van der Waals surface area contributed by atoms with Gasteiger partial charge in [-0.1, -0.05) is 78.0 Å². The molecular formula is C40H57F4N3O5. The molecule has 1 aromatic heterocycles. The first-order valence-corrected chi connectivity index (χ1v) is 17.8. The first-order valence-electron chi connectivity index (χ1n) is 17.8. The van der Waals surface area contributed by atoms with Gasteiger partial charge in [0.2, 0.25) is 0 Å². The minimum absolute atomic E-state index is 0.0305. The third kappa shape index (κ3) is 12.1. The molecule has 0 saturated carbocycles. The van der Waals surface area contributed by atoms with Crippen LogP contribution in [0.1, 0.15) is 110 Å². The van der Waals surface area contributed by atoms with Gasteiger partial charge in [0, 0.05) is 11.3 Å². The Labute approximate surface area is 305 Å². The zero-order valence-electron chi connectivity index (χ0n) is 33.0. The van der Waals surface area contributed by atoms with Gasteiger partial charge < -0.3 is 14.8 Å². The van der Waals surface area contributed by atoms with Crippen molar-refractivity contribution in [1.82, 2.24) is 14.5 Å². The molecule has 0 fully saturated rings. The summed E-state index contributed by atoms with van der Waals surface area (Å²) in [7, 11) is 1.27. The van der Waals surface area contributed by atoms with Crippen molar-refractivity contribution in [3.05, 3.63) is 108 Å². The van der Waals surface area contributed by atoms with E-state index in [-0.39, 0.29) is 39.6 Å². The molecule has 1 heterocycles. The molecule has 52 heavy (non-hydrogen) atoms. The Morgan fingerprint density at radius 1 is 1.02 bits per heavy atom. The van der Waals surface area contributed by atoms with Crippen molar-refractivity contribution in [3.8, 4) is 0 Å². The number of rotatable bonds is 10. The monoisotopic (exact) mass is 735 g/mol. The molecule has 290 valence electrons. The minimum atomic E-state index is -4.73. The van der Waals surface area contributed by atoms with Crippen LogP contribution in [0, 0.1) is 19.8 Å². The Kier molecular flexibility index (Phi) is 17.6. The van der Waals surface area contributed by atoms with Gasteiger partial charge in [-0.05, 0) is 83.1 Å². The number of ether oxygens (including phenoxy) is 2. The number of methoxy groups -OCH3 is 1. The summed E-state index contributed by atoms with van der Waals surface area (Å²) < 4.78 is 71.1. The van der Waals surface area contributed by atoms with E-state index in [1.54, 1.807) is 40.7 Å². The molecule has 1 N–H and O–H groups in total. The molecule has 0 aliphatic heterocycles. The van der Waals surface area contributed by atoms with Gasteiger partial charge in [0.25, 0.3) is 5.56 Å². The van der Waals surface area contributed by atoms with Crippen molar-refractivity contribution in [2.45, 2.75) is 127 Å². The van der Waals surface area contributed by atoms with E-state index in [0.29, 0.717) is 12.0 Å². The van der Waals surface area contributed by atoms with Gasteiger partial charge >= 0.3 is 18.0 Å². The third-order valence-corrected chi connectivity index (χ3v) is 7.82. The Balaban J connectivity index is 0.00000326. The van der Waals surface area contributed by atoms with Gasteiger partial charge in [-0.2, -0.15) is 13.2 Å². The van der Waals surface area contributed by atoms with E-state index < -0.39 is 59.6 Å². The van der Waals surface area contributed by atoms with Crippen LogP contribution >= 0.6 is 0 Å². The number of allylic oxidation sites excluding steroid dienone is 6. The average Bonchev–Trinajstić information content (AvgIpc) is 3.08. The molecule has 0 bridgehead atoms. The number of hydrogen-bond donors (Lipinski definition) is 1. The fraction of sp³-hybridized carbons (Fsp3) is 0.525. The normalized spacial score (nSPS) is 14.3. The summed E-state index contributed by atoms with van der Waals surface area (Å²) in [5.74, 6) is -1.28. The van der Waals surface area contributed by atoms with Crippen LogP contribution in [0.2, 0.25) is 0 Å². The van der Waals surface area contributed by atoms with E-state index in [4.69, 9.17) is 9.47 Å². The van der Waals surface area contributed by atoms with Crippen LogP contribution in [0.4, 0.5) is 22.4 Å². The molecule has 2 aromatic rings. The number of nitrogens with one attached hydrogen (secondary N) is 1. The molecule has 1 aliphatic carbocycles. The van der Waals surface area contributed by atoms with Crippen LogP contribution in [0.3, 0.4) is 0 Å². The zero-order chi connectivity index (χ0) is 40.1. The first kappa shape index (κ1) is 45.7. The Hall–Kier alpha value is -4.35. The van der Waals surface area contributed by atoms with Gasteiger partial charge in [0.05, 0.1) is 37.4 Å². The summed E-state index contributed by atoms with van der Waals surface area (Å²) in [5.41, 5.74) is -3.30. The molecule has 8 nitrogen and oxygen atoms in total. The number of aryl methyl sites for hydroxylation is 1. The lowest BCUT2D eigenvalue weighted by Crippen LogP contribution is -2.49. The van der Waals surface area contributed by atoms with Gasteiger partial charge in [-0.15, -0.1) is 0 Å². The number of hydrogen-bond acceptors (Lipinski definition) is 5.